The summed E-state index contributed by atoms with van der Waals surface area (Å²) in [6, 6.07) is 15.6. The maximum absolute atomic E-state index is 14.0. The molecular weight excluding hydrogens is 269 g/mol. The van der Waals surface area contributed by atoms with Crippen LogP contribution < -0.4 is 11.2 Å². The van der Waals surface area contributed by atoms with Crippen molar-refractivity contribution in [2.75, 3.05) is 5.43 Å². The molecule has 21 heavy (non-hydrogen) atoms. The van der Waals surface area contributed by atoms with Crippen LogP contribution in [0.2, 0.25) is 0 Å². The molecule has 0 bridgehead atoms. The van der Waals surface area contributed by atoms with Crippen molar-refractivity contribution < 1.29 is 4.39 Å². The van der Waals surface area contributed by atoms with E-state index in [1.165, 1.54) is 12.1 Å². The van der Waals surface area contributed by atoms with Crippen molar-refractivity contribution in [3.05, 3.63) is 54.3 Å². The summed E-state index contributed by atoms with van der Waals surface area (Å²) < 4.78 is 14.0. The van der Waals surface area contributed by atoms with Gasteiger partial charge in [0, 0.05) is 0 Å². The number of halogens is 1. The molecule has 0 saturated carbocycles. The minimum Gasteiger partial charge on any atom is -0.382 e. The molecule has 0 aromatic heterocycles. The van der Waals surface area contributed by atoms with E-state index in [0.29, 0.717) is 0 Å². The smallest absolute Gasteiger partial charge is 0.201 e. The first-order chi connectivity index (χ1) is 10.1. The first-order valence-electron chi connectivity index (χ1n) is 6.05. The minimum atomic E-state index is -0.513. The van der Waals surface area contributed by atoms with E-state index in [4.69, 9.17) is 16.4 Å². The number of hydrogen-bond acceptors (Lipinski definition) is 4. The zero-order valence-electron chi connectivity index (χ0n) is 11.0. The predicted molar refractivity (Wildman–Crippen MR) is 80.4 cm³/mol. The molecule has 0 heterocycles. The van der Waals surface area contributed by atoms with E-state index in [2.05, 4.69) is 10.5 Å². The van der Waals surface area contributed by atoms with Crippen molar-refractivity contribution in [3.8, 4) is 17.2 Å². The zero-order chi connectivity index (χ0) is 15.2. The Kier molecular flexibility index (Phi) is 4.26. The molecule has 0 fully saturated rings. The summed E-state index contributed by atoms with van der Waals surface area (Å²) in [6.07, 6.45) is 0. The Morgan fingerprint density at radius 3 is 2.48 bits per heavy atom. The molecule has 0 saturated heterocycles. The van der Waals surface area contributed by atoms with Crippen molar-refractivity contribution >= 4 is 17.2 Å². The van der Waals surface area contributed by atoms with Crippen molar-refractivity contribution in [3.63, 3.8) is 0 Å². The number of nitrogens with one attached hydrogen (secondary N) is 2. The second-order valence-corrected chi connectivity index (χ2v) is 4.16. The maximum atomic E-state index is 14.0. The number of hydrazone groups is 1. The average Bonchev–Trinajstić information content (AvgIpc) is 2.49. The quantitative estimate of drug-likeness (QED) is 0.456. The fraction of sp³-hybridized carbons (Fsp3) is 0. The summed E-state index contributed by atoms with van der Waals surface area (Å²) in [5, 5.41) is 19.4. The van der Waals surface area contributed by atoms with E-state index in [1.807, 2.05) is 30.3 Å². The van der Waals surface area contributed by atoms with Crippen molar-refractivity contribution in [2.24, 2.45) is 10.8 Å². The normalized spacial score (nSPS) is 10.8. The van der Waals surface area contributed by atoms with Gasteiger partial charge in [-0.05, 0) is 23.3 Å². The summed E-state index contributed by atoms with van der Waals surface area (Å²) >= 11 is 0. The van der Waals surface area contributed by atoms with E-state index in [0.717, 1.165) is 11.1 Å². The highest BCUT2D eigenvalue weighted by Crippen LogP contribution is 2.24. The van der Waals surface area contributed by atoms with Crippen LogP contribution in [-0.4, -0.2) is 11.5 Å². The van der Waals surface area contributed by atoms with E-state index in [9.17, 15) is 4.39 Å². The van der Waals surface area contributed by atoms with Crippen LogP contribution in [-0.2, 0) is 0 Å². The predicted octanol–water partition coefficient (Wildman–Crippen LogP) is 2.72. The standard InChI is InChI=1S/C15H12FN5/c16-12-8-11(10-4-2-1-3-5-10)6-7-13(12)20-21-14(9-17)15(18)19/h1-8,20H,(H3,18,19)/b21-14+. The van der Waals surface area contributed by atoms with E-state index in [-0.39, 0.29) is 11.4 Å². The van der Waals surface area contributed by atoms with E-state index >= 15 is 0 Å². The lowest BCUT2D eigenvalue weighted by molar-refractivity contribution is 0.631. The molecular formula is C15H12FN5. The molecule has 2 aromatic carbocycles. The molecule has 0 spiro atoms. The Morgan fingerprint density at radius 1 is 1.19 bits per heavy atom. The lowest BCUT2D eigenvalue weighted by Gasteiger charge is -2.06. The fourth-order valence-electron chi connectivity index (χ4n) is 1.68. The lowest BCUT2D eigenvalue weighted by atomic mass is 10.1. The summed E-state index contributed by atoms with van der Waals surface area (Å²) in [6.45, 7) is 0. The molecule has 0 radical (unpaired) electrons. The third-order valence-corrected chi connectivity index (χ3v) is 2.73. The van der Waals surface area contributed by atoms with Crippen molar-refractivity contribution in [2.45, 2.75) is 0 Å². The number of rotatable bonds is 4. The Morgan fingerprint density at radius 2 is 1.90 bits per heavy atom. The van der Waals surface area contributed by atoms with Gasteiger partial charge >= 0.3 is 0 Å². The SMILES string of the molecule is N#C/C(=N\Nc1ccc(-c2ccccc2)cc1F)C(=N)N. The highest BCUT2D eigenvalue weighted by Gasteiger charge is 2.06. The number of nitriles is 1. The van der Waals surface area contributed by atoms with Crippen LogP contribution in [0.3, 0.4) is 0 Å². The van der Waals surface area contributed by atoms with Crippen LogP contribution in [0.4, 0.5) is 10.1 Å². The van der Waals surface area contributed by atoms with Crippen LogP contribution in [0.25, 0.3) is 11.1 Å². The molecule has 0 unspecified atom stereocenters. The molecule has 0 aliphatic heterocycles. The summed E-state index contributed by atoms with van der Waals surface area (Å²) in [5.41, 5.74) is 8.96. The maximum Gasteiger partial charge on any atom is 0.201 e. The van der Waals surface area contributed by atoms with Gasteiger partial charge in [0.25, 0.3) is 0 Å². The molecule has 6 heteroatoms. The lowest BCUT2D eigenvalue weighted by Crippen LogP contribution is -2.22. The Balaban J connectivity index is 2.25. The van der Waals surface area contributed by atoms with Crippen LogP contribution in [0.1, 0.15) is 0 Å². The molecule has 0 aliphatic carbocycles. The number of nitrogens with two attached hydrogens (primary N) is 1. The summed E-state index contributed by atoms with van der Waals surface area (Å²) in [4.78, 5) is 0. The number of amidine groups is 1. The molecule has 0 atom stereocenters. The third kappa shape index (κ3) is 3.42. The van der Waals surface area contributed by atoms with Crippen LogP contribution in [0.15, 0.2) is 53.6 Å². The van der Waals surface area contributed by atoms with Gasteiger partial charge in [-0.1, -0.05) is 36.4 Å². The monoisotopic (exact) mass is 281 g/mol. The first-order valence-corrected chi connectivity index (χ1v) is 6.05. The molecule has 4 N–H and O–H groups in total. The van der Waals surface area contributed by atoms with Crippen molar-refractivity contribution in [1.29, 1.82) is 10.7 Å². The Labute approximate surface area is 121 Å². The Hall–Kier alpha value is -3.20. The number of nitrogens with zero attached hydrogens (tertiary/aromatic N) is 2. The zero-order valence-corrected chi connectivity index (χ0v) is 11.0. The van der Waals surface area contributed by atoms with Gasteiger partial charge < -0.3 is 5.73 Å². The van der Waals surface area contributed by atoms with Gasteiger partial charge in [0.2, 0.25) is 5.71 Å². The number of benzene rings is 2. The first kappa shape index (κ1) is 14.2. The van der Waals surface area contributed by atoms with E-state index < -0.39 is 11.7 Å². The second kappa shape index (κ2) is 6.30. The highest BCUT2D eigenvalue weighted by molar-refractivity contribution is 6.45. The average molecular weight is 281 g/mol. The van der Waals surface area contributed by atoms with Crippen LogP contribution in [0, 0.1) is 22.6 Å². The second-order valence-electron chi connectivity index (χ2n) is 4.16. The highest BCUT2D eigenvalue weighted by atomic mass is 19.1. The molecule has 2 rings (SSSR count). The fourth-order valence-corrected chi connectivity index (χ4v) is 1.68. The molecule has 0 aliphatic rings. The van der Waals surface area contributed by atoms with Gasteiger partial charge in [-0.15, -0.1) is 0 Å². The van der Waals surface area contributed by atoms with Gasteiger partial charge in [0.05, 0.1) is 5.69 Å². The van der Waals surface area contributed by atoms with E-state index in [1.54, 1.807) is 12.1 Å². The van der Waals surface area contributed by atoms with Crippen molar-refractivity contribution in [1.82, 2.24) is 0 Å². The number of anilines is 1. The van der Waals surface area contributed by atoms with Gasteiger partial charge in [-0.2, -0.15) is 10.4 Å². The summed E-state index contributed by atoms with van der Waals surface area (Å²) in [7, 11) is 0. The largest absolute Gasteiger partial charge is 0.382 e. The molecule has 0 amide bonds. The van der Waals surface area contributed by atoms with Gasteiger partial charge in [-0.3, -0.25) is 10.8 Å². The third-order valence-electron chi connectivity index (χ3n) is 2.73. The minimum absolute atomic E-state index is 0.101. The molecule has 5 nitrogen and oxygen atoms in total. The molecule has 104 valence electrons. The van der Waals surface area contributed by atoms with Gasteiger partial charge in [0.1, 0.15) is 11.9 Å². The topological polar surface area (TPSA) is 98.0 Å². The summed E-state index contributed by atoms with van der Waals surface area (Å²) in [5.74, 6) is -0.993. The van der Waals surface area contributed by atoms with Gasteiger partial charge in [-0.25, -0.2) is 4.39 Å². The van der Waals surface area contributed by atoms with Crippen LogP contribution >= 0.6 is 0 Å². The van der Waals surface area contributed by atoms with Crippen LogP contribution in [0.5, 0.6) is 0 Å². The van der Waals surface area contributed by atoms with Gasteiger partial charge in [0.15, 0.2) is 5.84 Å². The number of hydrogen-bond donors (Lipinski definition) is 3. The molecule has 2 aromatic rings. The Bertz CT molecular complexity index is 731.